The summed E-state index contributed by atoms with van der Waals surface area (Å²) in [5.74, 6) is -0.551. The molecule has 2 aromatic carbocycles. The lowest BCUT2D eigenvalue weighted by Gasteiger charge is -2.16. The van der Waals surface area contributed by atoms with E-state index < -0.39 is 26.0 Å². The Morgan fingerprint density at radius 2 is 1.30 bits per heavy atom. The average molecular weight is 412 g/mol. The summed E-state index contributed by atoms with van der Waals surface area (Å²) in [6.07, 6.45) is 0. The standard InChI is InChI=1S/C17H21N3O5S2/c1-19(2)26(22,23)14-11-9-13(10-12-14)17(21)18-15-7-5-6-8-16(15)27(24,25)20(3)4/h5-12H,1-4H3,(H,18,21). The normalized spacial score (nSPS) is 12.4. The van der Waals surface area contributed by atoms with Gasteiger partial charge in [0, 0.05) is 33.8 Å². The Labute approximate surface area is 159 Å². The fourth-order valence-corrected chi connectivity index (χ4v) is 4.12. The molecule has 0 saturated heterocycles. The Hall–Kier alpha value is -2.27. The molecule has 2 aromatic rings. The lowest BCUT2D eigenvalue weighted by atomic mass is 10.2. The zero-order valence-corrected chi connectivity index (χ0v) is 17.0. The third-order valence-electron chi connectivity index (χ3n) is 3.79. The van der Waals surface area contributed by atoms with Crippen LogP contribution in [-0.4, -0.2) is 59.5 Å². The smallest absolute Gasteiger partial charge is 0.255 e. The Kier molecular flexibility index (Phi) is 6.05. The van der Waals surface area contributed by atoms with Crippen LogP contribution in [0.5, 0.6) is 0 Å². The molecule has 0 bridgehead atoms. The number of para-hydroxylation sites is 1. The van der Waals surface area contributed by atoms with Crippen molar-refractivity contribution in [2.75, 3.05) is 33.5 Å². The fraction of sp³-hybridized carbons (Fsp3) is 0.235. The second-order valence-electron chi connectivity index (χ2n) is 6.05. The summed E-state index contributed by atoms with van der Waals surface area (Å²) in [4.78, 5) is 12.5. The van der Waals surface area contributed by atoms with E-state index in [9.17, 15) is 21.6 Å². The second kappa shape index (κ2) is 7.77. The van der Waals surface area contributed by atoms with Crippen LogP contribution in [-0.2, 0) is 20.0 Å². The van der Waals surface area contributed by atoms with Crippen LogP contribution < -0.4 is 5.32 Å². The van der Waals surface area contributed by atoms with Gasteiger partial charge in [-0.05, 0) is 36.4 Å². The molecule has 0 aromatic heterocycles. The van der Waals surface area contributed by atoms with Gasteiger partial charge in [-0.25, -0.2) is 25.4 Å². The summed E-state index contributed by atoms with van der Waals surface area (Å²) >= 11 is 0. The summed E-state index contributed by atoms with van der Waals surface area (Å²) in [7, 11) is -1.70. The molecule has 146 valence electrons. The lowest BCUT2D eigenvalue weighted by molar-refractivity contribution is 0.102. The Balaban J connectivity index is 2.32. The Morgan fingerprint density at radius 3 is 1.81 bits per heavy atom. The number of hydrogen-bond acceptors (Lipinski definition) is 5. The molecule has 8 nitrogen and oxygen atoms in total. The van der Waals surface area contributed by atoms with Gasteiger partial charge in [0.25, 0.3) is 5.91 Å². The minimum absolute atomic E-state index is 0.0323. The van der Waals surface area contributed by atoms with Crippen molar-refractivity contribution in [2.24, 2.45) is 0 Å². The predicted molar refractivity (Wildman–Crippen MR) is 103 cm³/mol. The van der Waals surface area contributed by atoms with E-state index in [1.807, 2.05) is 0 Å². The highest BCUT2D eigenvalue weighted by Crippen LogP contribution is 2.24. The van der Waals surface area contributed by atoms with Gasteiger partial charge in [-0.1, -0.05) is 12.1 Å². The lowest BCUT2D eigenvalue weighted by Crippen LogP contribution is -2.24. The minimum Gasteiger partial charge on any atom is -0.321 e. The highest BCUT2D eigenvalue weighted by molar-refractivity contribution is 7.89. The number of anilines is 1. The van der Waals surface area contributed by atoms with Crippen molar-refractivity contribution in [1.29, 1.82) is 0 Å². The first-order valence-electron chi connectivity index (χ1n) is 7.83. The van der Waals surface area contributed by atoms with Crippen LogP contribution in [0.1, 0.15) is 10.4 Å². The maximum Gasteiger partial charge on any atom is 0.255 e. The van der Waals surface area contributed by atoms with Crippen LogP contribution in [0, 0.1) is 0 Å². The van der Waals surface area contributed by atoms with Gasteiger partial charge in [-0.15, -0.1) is 0 Å². The van der Waals surface area contributed by atoms with Gasteiger partial charge in [0.05, 0.1) is 10.6 Å². The fourth-order valence-electron chi connectivity index (χ4n) is 2.18. The van der Waals surface area contributed by atoms with Crippen LogP contribution in [0.2, 0.25) is 0 Å². The summed E-state index contributed by atoms with van der Waals surface area (Å²) in [5.41, 5.74) is 0.339. The number of benzene rings is 2. The number of carbonyl (C=O) groups is 1. The monoisotopic (exact) mass is 411 g/mol. The molecule has 0 unspecified atom stereocenters. The molecule has 10 heteroatoms. The molecule has 0 radical (unpaired) electrons. The number of nitrogens with one attached hydrogen (secondary N) is 1. The first-order chi connectivity index (χ1) is 12.5. The maximum atomic E-state index is 12.5. The van der Waals surface area contributed by atoms with Gasteiger partial charge in [0.15, 0.2) is 0 Å². The van der Waals surface area contributed by atoms with Crippen molar-refractivity contribution < 1.29 is 21.6 Å². The molecule has 0 fully saturated rings. The second-order valence-corrected chi connectivity index (χ2v) is 10.3. The first kappa shape index (κ1) is 21.0. The predicted octanol–water partition coefficient (Wildman–Crippen LogP) is 1.44. The minimum atomic E-state index is -3.74. The van der Waals surface area contributed by atoms with Gasteiger partial charge in [0.1, 0.15) is 4.90 Å². The maximum absolute atomic E-state index is 12.5. The van der Waals surface area contributed by atoms with Crippen molar-refractivity contribution >= 4 is 31.6 Å². The van der Waals surface area contributed by atoms with Gasteiger partial charge in [-0.2, -0.15) is 0 Å². The molecule has 2 rings (SSSR count). The van der Waals surface area contributed by atoms with Crippen molar-refractivity contribution in [1.82, 2.24) is 8.61 Å². The van der Waals surface area contributed by atoms with Crippen LogP contribution in [0.15, 0.2) is 58.3 Å². The summed E-state index contributed by atoms with van der Waals surface area (Å²) in [6, 6.07) is 11.4. The molecule has 1 amide bonds. The molecular weight excluding hydrogens is 390 g/mol. The molecule has 27 heavy (non-hydrogen) atoms. The SMILES string of the molecule is CN(C)S(=O)(=O)c1ccc(C(=O)Nc2ccccc2S(=O)(=O)N(C)C)cc1. The van der Waals surface area contributed by atoms with E-state index in [0.717, 1.165) is 8.61 Å². The number of rotatable bonds is 6. The number of sulfonamides is 2. The van der Waals surface area contributed by atoms with E-state index in [1.165, 1.54) is 64.6 Å². The van der Waals surface area contributed by atoms with Crippen LogP contribution in [0.4, 0.5) is 5.69 Å². The average Bonchev–Trinajstić information content (AvgIpc) is 2.61. The van der Waals surface area contributed by atoms with Crippen molar-refractivity contribution in [2.45, 2.75) is 9.79 Å². The molecule has 0 aliphatic rings. The summed E-state index contributed by atoms with van der Waals surface area (Å²) in [6.45, 7) is 0. The van der Waals surface area contributed by atoms with E-state index >= 15 is 0 Å². The topological polar surface area (TPSA) is 104 Å². The quantitative estimate of drug-likeness (QED) is 0.775. The molecular formula is C17H21N3O5S2. The largest absolute Gasteiger partial charge is 0.321 e. The van der Waals surface area contributed by atoms with E-state index in [0.29, 0.717) is 0 Å². The van der Waals surface area contributed by atoms with Crippen molar-refractivity contribution in [3.8, 4) is 0 Å². The zero-order valence-electron chi connectivity index (χ0n) is 15.4. The van der Waals surface area contributed by atoms with Crippen LogP contribution in [0.25, 0.3) is 0 Å². The van der Waals surface area contributed by atoms with E-state index in [1.54, 1.807) is 12.1 Å². The molecule has 0 saturated carbocycles. The summed E-state index contributed by atoms with van der Waals surface area (Å²) < 4.78 is 51.1. The van der Waals surface area contributed by atoms with Gasteiger partial charge in [0.2, 0.25) is 20.0 Å². The van der Waals surface area contributed by atoms with Gasteiger partial charge >= 0.3 is 0 Å². The molecule has 0 heterocycles. The Bertz CT molecular complexity index is 1040. The molecule has 0 atom stereocenters. The Morgan fingerprint density at radius 1 is 0.778 bits per heavy atom. The summed E-state index contributed by atoms with van der Waals surface area (Å²) in [5, 5.41) is 2.56. The van der Waals surface area contributed by atoms with Gasteiger partial charge in [-0.3, -0.25) is 4.79 Å². The van der Waals surface area contributed by atoms with Gasteiger partial charge < -0.3 is 5.32 Å². The third kappa shape index (κ3) is 4.35. The number of nitrogens with zero attached hydrogens (tertiary/aromatic N) is 2. The highest BCUT2D eigenvalue weighted by atomic mass is 32.2. The molecule has 0 spiro atoms. The van der Waals surface area contributed by atoms with Crippen LogP contribution >= 0.6 is 0 Å². The first-order valence-corrected chi connectivity index (χ1v) is 10.7. The number of carbonyl (C=O) groups excluding carboxylic acids is 1. The third-order valence-corrected chi connectivity index (χ3v) is 7.49. The molecule has 0 aliphatic heterocycles. The molecule has 0 aliphatic carbocycles. The highest BCUT2D eigenvalue weighted by Gasteiger charge is 2.22. The number of amides is 1. The van der Waals surface area contributed by atoms with Crippen molar-refractivity contribution in [3.05, 3.63) is 54.1 Å². The number of hydrogen-bond donors (Lipinski definition) is 1. The van der Waals surface area contributed by atoms with E-state index in [4.69, 9.17) is 0 Å². The van der Waals surface area contributed by atoms with Crippen LogP contribution in [0.3, 0.4) is 0 Å². The zero-order chi connectivity index (χ0) is 20.4. The van der Waals surface area contributed by atoms with E-state index in [-0.39, 0.29) is 21.0 Å². The van der Waals surface area contributed by atoms with Crippen molar-refractivity contribution in [3.63, 3.8) is 0 Å². The van der Waals surface area contributed by atoms with E-state index in [2.05, 4.69) is 5.32 Å². The molecule has 1 N–H and O–H groups in total.